The highest BCUT2D eigenvalue weighted by Crippen LogP contribution is 2.34. The maximum atomic E-state index is 13.8. The van der Waals surface area contributed by atoms with Gasteiger partial charge in [0.15, 0.2) is 0 Å². The number of para-hydroxylation sites is 1. The van der Waals surface area contributed by atoms with Gasteiger partial charge >= 0.3 is 0 Å². The van der Waals surface area contributed by atoms with Crippen molar-refractivity contribution in [3.05, 3.63) is 108 Å². The van der Waals surface area contributed by atoms with E-state index in [4.69, 9.17) is 4.74 Å². The summed E-state index contributed by atoms with van der Waals surface area (Å²) in [6.45, 7) is 3.31. The Morgan fingerprint density at radius 2 is 1.47 bits per heavy atom. The van der Waals surface area contributed by atoms with Crippen LogP contribution in [0.4, 0.5) is 11.4 Å². The average molecular weight is 501 g/mol. The van der Waals surface area contributed by atoms with Crippen molar-refractivity contribution in [1.82, 2.24) is 0 Å². The number of nitrogens with one attached hydrogen (secondary N) is 1. The molecule has 7 heteroatoms. The van der Waals surface area contributed by atoms with Crippen LogP contribution in [0.25, 0.3) is 11.1 Å². The Kier molecular flexibility index (Phi) is 7.41. The van der Waals surface area contributed by atoms with Crippen LogP contribution < -0.4 is 14.4 Å². The number of benzene rings is 4. The van der Waals surface area contributed by atoms with E-state index in [-0.39, 0.29) is 4.90 Å². The van der Waals surface area contributed by atoms with E-state index >= 15 is 0 Å². The third kappa shape index (κ3) is 5.42. The van der Waals surface area contributed by atoms with E-state index in [1.165, 1.54) is 7.11 Å². The molecule has 0 atom stereocenters. The van der Waals surface area contributed by atoms with Crippen LogP contribution in [0.3, 0.4) is 0 Å². The first-order valence-corrected chi connectivity index (χ1v) is 12.9. The first-order chi connectivity index (χ1) is 17.3. The van der Waals surface area contributed by atoms with Crippen molar-refractivity contribution in [3.8, 4) is 16.9 Å². The van der Waals surface area contributed by atoms with Crippen LogP contribution in [0.15, 0.2) is 102 Å². The van der Waals surface area contributed by atoms with Crippen LogP contribution in [0, 0.1) is 13.8 Å². The molecule has 1 N–H and O–H groups in total. The van der Waals surface area contributed by atoms with Crippen molar-refractivity contribution in [2.45, 2.75) is 18.7 Å². The minimum Gasteiger partial charge on any atom is -0.495 e. The summed E-state index contributed by atoms with van der Waals surface area (Å²) >= 11 is 0. The molecule has 0 saturated carbocycles. The Morgan fingerprint density at radius 1 is 0.833 bits per heavy atom. The van der Waals surface area contributed by atoms with Gasteiger partial charge in [0.1, 0.15) is 12.3 Å². The summed E-state index contributed by atoms with van der Waals surface area (Å²) < 4.78 is 34.2. The predicted molar refractivity (Wildman–Crippen MR) is 144 cm³/mol. The molecule has 0 aliphatic heterocycles. The smallest absolute Gasteiger partial charge is 0.264 e. The lowest BCUT2D eigenvalue weighted by molar-refractivity contribution is -0.114. The molecule has 184 valence electrons. The fraction of sp³-hybridized carbons (Fsp3) is 0.138. The van der Waals surface area contributed by atoms with Crippen molar-refractivity contribution in [3.63, 3.8) is 0 Å². The van der Waals surface area contributed by atoms with Crippen molar-refractivity contribution in [1.29, 1.82) is 0 Å². The van der Waals surface area contributed by atoms with Gasteiger partial charge in [0.05, 0.1) is 17.7 Å². The fourth-order valence-electron chi connectivity index (χ4n) is 3.91. The van der Waals surface area contributed by atoms with E-state index in [0.717, 1.165) is 26.6 Å². The Hall–Kier alpha value is -4.10. The summed E-state index contributed by atoms with van der Waals surface area (Å²) in [4.78, 5) is 13.4. The molecule has 0 fully saturated rings. The normalized spacial score (nSPS) is 11.1. The number of rotatable bonds is 8. The minimum atomic E-state index is -4.08. The molecule has 6 nitrogen and oxygen atoms in total. The van der Waals surface area contributed by atoms with Crippen LogP contribution in [-0.4, -0.2) is 28.0 Å². The maximum Gasteiger partial charge on any atom is 0.264 e. The number of carbonyl (C=O) groups is 1. The molecular formula is C29H28N2O4S. The molecule has 4 aromatic rings. The number of sulfonamides is 1. The molecule has 36 heavy (non-hydrogen) atoms. The Labute approximate surface area is 212 Å². The average Bonchev–Trinajstić information content (AvgIpc) is 2.88. The third-order valence-electron chi connectivity index (χ3n) is 5.79. The van der Waals surface area contributed by atoms with Gasteiger partial charge in [0.25, 0.3) is 10.0 Å². The van der Waals surface area contributed by atoms with E-state index in [2.05, 4.69) is 5.32 Å². The number of methoxy groups -OCH3 is 1. The quantitative estimate of drug-likeness (QED) is 0.331. The van der Waals surface area contributed by atoms with Gasteiger partial charge in [0, 0.05) is 11.3 Å². The molecule has 0 radical (unpaired) electrons. The Morgan fingerprint density at radius 3 is 2.17 bits per heavy atom. The van der Waals surface area contributed by atoms with Gasteiger partial charge in [-0.05, 0) is 55.3 Å². The molecule has 0 heterocycles. The van der Waals surface area contributed by atoms with Gasteiger partial charge in [-0.3, -0.25) is 9.10 Å². The highest BCUT2D eigenvalue weighted by atomic mass is 32.2. The Bertz CT molecular complexity index is 1470. The van der Waals surface area contributed by atoms with Crippen molar-refractivity contribution >= 4 is 27.3 Å². The lowest BCUT2D eigenvalue weighted by atomic mass is 10.0. The van der Waals surface area contributed by atoms with Crippen molar-refractivity contribution in [2.24, 2.45) is 0 Å². The van der Waals surface area contributed by atoms with Crippen molar-refractivity contribution < 1.29 is 17.9 Å². The van der Waals surface area contributed by atoms with Crippen LogP contribution in [0.1, 0.15) is 11.1 Å². The number of hydrogen-bond donors (Lipinski definition) is 1. The number of nitrogens with zero attached hydrogens (tertiary/aromatic N) is 1. The van der Waals surface area contributed by atoms with E-state index in [9.17, 15) is 13.2 Å². The second-order valence-corrected chi connectivity index (χ2v) is 10.3. The summed E-state index contributed by atoms with van der Waals surface area (Å²) in [5, 5.41) is 2.91. The monoisotopic (exact) mass is 500 g/mol. The minimum absolute atomic E-state index is 0.0918. The lowest BCUT2D eigenvalue weighted by Crippen LogP contribution is -2.38. The third-order valence-corrected chi connectivity index (χ3v) is 7.56. The topological polar surface area (TPSA) is 75.7 Å². The van der Waals surface area contributed by atoms with E-state index in [1.807, 2.05) is 68.4 Å². The molecule has 0 aliphatic carbocycles. The largest absolute Gasteiger partial charge is 0.495 e. The van der Waals surface area contributed by atoms with E-state index < -0.39 is 22.5 Å². The highest BCUT2D eigenvalue weighted by molar-refractivity contribution is 7.92. The van der Waals surface area contributed by atoms with Crippen LogP contribution in [0.2, 0.25) is 0 Å². The summed E-state index contributed by atoms with van der Waals surface area (Å²) in [5.41, 5.74) is 4.45. The summed E-state index contributed by atoms with van der Waals surface area (Å²) in [5.74, 6) is -0.119. The zero-order valence-electron chi connectivity index (χ0n) is 20.4. The van der Waals surface area contributed by atoms with E-state index in [0.29, 0.717) is 17.1 Å². The standard InChI is InChI=1S/C29H28N2O4S/c1-21-13-16-24(17-14-21)36(33,34)31(27-19-22(2)15-18-28(27)35-3)20-29(32)30-26-12-8-7-11-25(26)23-9-5-4-6-10-23/h4-19H,20H2,1-3H3,(H,30,32). The molecule has 0 aliphatic rings. The van der Waals surface area contributed by atoms with Gasteiger partial charge in [-0.25, -0.2) is 8.42 Å². The number of amides is 1. The van der Waals surface area contributed by atoms with Gasteiger partial charge in [-0.15, -0.1) is 0 Å². The first-order valence-electron chi connectivity index (χ1n) is 11.5. The molecule has 0 spiro atoms. The van der Waals surface area contributed by atoms with Gasteiger partial charge in [-0.2, -0.15) is 0 Å². The number of aryl methyl sites for hydroxylation is 2. The highest BCUT2D eigenvalue weighted by Gasteiger charge is 2.30. The van der Waals surface area contributed by atoms with Gasteiger partial charge in [-0.1, -0.05) is 72.3 Å². The number of anilines is 2. The Balaban J connectivity index is 1.72. The second-order valence-electron chi connectivity index (χ2n) is 8.46. The SMILES string of the molecule is COc1ccc(C)cc1N(CC(=O)Nc1ccccc1-c1ccccc1)S(=O)(=O)c1ccc(C)cc1. The second kappa shape index (κ2) is 10.7. The van der Waals surface area contributed by atoms with Crippen LogP contribution in [-0.2, 0) is 14.8 Å². The van der Waals surface area contributed by atoms with Crippen LogP contribution >= 0.6 is 0 Å². The van der Waals surface area contributed by atoms with E-state index in [1.54, 1.807) is 42.5 Å². The molecule has 1 amide bonds. The molecular weight excluding hydrogens is 472 g/mol. The number of hydrogen-bond acceptors (Lipinski definition) is 4. The van der Waals surface area contributed by atoms with Gasteiger partial charge in [0.2, 0.25) is 5.91 Å². The summed E-state index contributed by atoms with van der Waals surface area (Å²) in [6.07, 6.45) is 0. The van der Waals surface area contributed by atoms with Crippen LogP contribution in [0.5, 0.6) is 5.75 Å². The van der Waals surface area contributed by atoms with Gasteiger partial charge < -0.3 is 10.1 Å². The maximum absolute atomic E-state index is 13.8. The number of carbonyl (C=O) groups excluding carboxylic acids is 1. The summed E-state index contributed by atoms with van der Waals surface area (Å²) in [6, 6.07) is 28.9. The molecule has 0 bridgehead atoms. The summed E-state index contributed by atoms with van der Waals surface area (Å²) in [7, 11) is -2.60. The molecule has 4 aromatic carbocycles. The fourth-order valence-corrected chi connectivity index (χ4v) is 5.34. The lowest BCUT2D eigenvalue weighted by Gasteiger charge is -2.26. The molecule has 4 rings (SSSR count). The molecule has 0 unspecified atom stereocenters. The zero-order valence-corrected chi connectivity index (χ0v) is 21.2. The zero-order chi connectivity index (χ0) is 25.7. The molecule has 0 saturated heterocycles. The van der Waals surface area contributed by atoms with Crippen molar-refractivity contribution in [2.75, 3.05) is 23.3 Å². The first kappa shape index (κ1) is 25.0. The molecule has 0 aromatic heterocycles. The number of ether oxygens (including phenoxy) is 1. The predicted octanol–water partition coefficient (Wildman–Crippen LogP) is 5.81.